The smallest absolute Gasteiger partial charge is 0.337 e. The lowest BCUT2D eigenvalue weighted by molar-refractivity contribution is -0.139. The van der Waals surface area contributed by atoms with Crippen LogP contribution in [0.15, 0.2) is 23.4 Å². The Hall–Kier alpha value is -1.36. The molecule has 0 saturated carbocycles. The van der Waals surface area contributed by atoms with Crippen molar-refractivity contribution in [3.63, 3.8) is 0 Å². The average Bonchev–Trinajstić information content (AvgIpc) is 2.39. The third kappa shape index (κ3) is 3.15. The van der Waals surface area contributed by atoms with Gasteiger partial charge >= 0.3 is 5.97 Å². The number of carbonyl (C=O) groups excluding carboxylic acids is 1. The highest BCUT2D eigenvalue weighted by Gasteiger charge is 2.34. The summed E-state index contributed by atoms with van der Waals surface area (Å²) in [6.45, 7) is 4.09. The summed E-state index contributed by atoms with van der Waals surface area (Å²) < 4.78 is 5.17. The zero-order chi connectivity index (χ0) is 13.8. The highest BCUT2D eigenvalue weighted by molar-refractivity contribution is 7.80. The maximum absolute atomic E-state index is 12.1. The molecule has 5 heteroatoms. The van der Waals surface area contributed by atoms with Crippen LogP contribution in [-0.4, -0.2) is 23.7 Å². The Morgan fingerprint density at radius 1 is 1.53 bits per heavy atom. The van der Waals surface area contributed by atoms with E-state index in [4.69, 9.17) is 17.0 Å². The van der Waals surface area contributed by atoms with Crippen molar-refractivity contribution in [3.05, 3.63) is 23.4 Å². The van der Waals surface area contributed by atoms with E-state index in [9.17, 15) is 4.79 Å². The van der Waals surface area contributed by atoms with E-state index in [0.29, 0.717) is 23.2 Å². The lowest BCUT2D eigenvalue weighted by Crippen LogP contribution is -2.53. The molecule has 0 bridgehead atoms. The highest BCUT2D eigenvalue weighted by atomic mass is 32.1. The molecular formula is C14H20N2O2S. The first-order valence-corrected chi connectivity index (χ1v) is 7.14. The van der Waals surface area contributed by atoms with Gasteiger partial charge in [0.1, 0.15) is 0 Å². The highest BCUT2D eigenvalue weighted by Crippen LogP contribution is 2.29. The number of esters is 1. The number of hydrogen-bond acceptors (Lipinski definition) is 3. The van der Waals surface area contributed by atoms with E-state index in [1.54, 1.807) is 0 Å². The van der Waals surface area contributed by atoms with Gasteiger partial charge in [0.25, 0.3) is 0 Å². The van der Waals surface area contributed by atoms with Gasteiger partial charge in [-0.25, -0.2) is 4.79 Å². The lowest BCUT2D eigenvalue weighted by atomic mass is 9.82. The van der Waals surface area contributed by atoms with Crippen molar-refractivity contribution in [3.8, 4) is 0 Å². The van der Waals surface area contributed by atoms with Gasteiger partial charge in [-0.2, -0.15) is 0 Å². The largest absolute Gasteiger partial charge is 0.463 e. The van der Waals surface area contributed by atoms with Gasteiger partial charge < -0.3 is 15.4 Å². The van der Waals surface area contributed by atoms with Crippen molar-refractivity contribution in [2.24, 2.45) is 5.92 Å². The van der Waals surface area contributed by atoms with E-state index in [-0.39, 0.29) is 12.0 Å². The molecule has 2 N–H and O–H groups in total. The zero-order valence-corrected chi connectivity index (χ0v) is 12.2. The molecule has 2 aliphatic rings. The third-order valence-corrected chi connectivity index (χ3v) is 3.80. The summed E-state index contributed by atoms with van der Waals surface area (Å²) in [6.07, 6.45) is 7.46. The van der Waals surface area contributed by atoms with E-state index in [2.05, 4.69) is 22.8 Å². The molecule has 0 fully saturated rings. The summed E-state index contributed by atoms with van der Waals surface area (Å²) in [4.78, 5) is 12.1. The van der Waals surface area contributed by atoms with Gasteiger partial charge in [-0.1, -0.05) is 12.2 Å². The summed E-state index contributed by atoms with van der Waals surface area (Å²) >= 11 is 5.21. The molecule has 1 aliphatic carbocycles. The first kappa shape index (κ1) is 14.1. The van der Waals surface area contributed by atoms with Crippen LogP contribution in [-0.2, 0) is 9.53 Å². The van der Waals surface area contributed by atoms with Gasteiger partial charge in [-0.3, -0.25) is 0 Å². The molecule has 1 aliphatic heterocycles. The molecule has 0 radical (unpaired) electrons. The molecule has 1 heterocycles. The van der Waals surface area contributed by atoms with Crippen LogP contribution in [0, 0.1) is 5.92 Å². The Morgan fingerprint density at radius 2 is 2.32 bits per heavy atom. The standard InChI is InChI=1S/C14H20N2O2S/c1-3-18-13(17)11-9(2)15-14(19)16-12(11)10-7-5-4-6-8-10/h4-5,10,12H,3,6-8H2,1-2H3,(H2,15,16,19)/t10-,12-/m0/s1. The molecule has 0 amide bonds. The van der Waals surface area contributed by atoms with Crippen LogP contribution < -0.4 is 10.6 Å². The number of thiocarbonyl (C=S) groups is 1. The van der Waals surface area contributed by atoms with Crippen LogP contribution in [0.1, 0.15) is 33.1 Å². The first-order valence-electron chi connectivity index (χ1n) is 6.74. The molecule has 0 aromatic heterocycles. The van der Waals surface area contributed by atoms with E-state index >= 15 is 0 Å². The fourth-order valence-corrected chi connectivity index (χ4v) is 2.96. The molecule has 0 saturated heterocycles. The van der Waals surface area contributed by atoms with Crippen molar-refractivity contribution in [2.45, 2.75) is 39.2 Å². The van der Waals surface area contributed by atoms with Crippen molar-refractivity contribution >= 4 is 23.3 Å². The van der Waals surface area contributed by atoms with Crippen molar-refractivity contribution in [1.82, 2.24) is 10.6 Å². The number of allylic oxidation sites excluding steroid dienone is 3. The Kier molecular flexibility index (Phi) is 4.58. The Bertz CT molecular complexity index is 443. The summed E-state index contributed by atoms with van der Waals surface area (Å²) in [5.74, 6) is 0.140. The third-order valence-electron chi connectivity index (χ3n) is 3.58. The molecular weight excluding hydrogens is 260 g/mol. The van der Waals surface area contributed by atoms with Gasteiger partial charge in [0, 0.05) is 5.70 Å². The lowest BCUT2D eigenvalue weighted by Gasteiger charge is -2.35. The molecule has 0 unspecified atom stereocenters. The van der Waals surface area contributed by atoms with Gasteiger partial charge in [0.15, 0.2) is 5.11 Å². The van der Waals surface area contributed by atoms with Crippen LogP contribution in [0.25, 0.3) is 0 Å². The van der Waals surface area contributed by atoms with Crippen LogP contribution in [0.4, 0.5) is 0 Å². The second-order valence-electron chi connectivity index (χ2n) is 4.88. The second kappa shape index (κ2) is 6.19. The van der Waals surface area contributed by atoms with Gasteiger partial charge in [0.05, 0.1) is 18.2 Å². The SMILES string of the molecule is CCOC(=O)C1=C(C)NC(=S)N[C@H]1[C@H]1CC=CCC1. The Balaban J connectivity index is 2.26. The fraction of sp³-hybridized carbons (Fsp3) is 0.571. The molecule has 0 spiro atoms. The summed E-state index contributed by atoms with van der Waals surface area (Å²) in [7, 11) is 0. The maximum atomic E-state index is 12.1. The Morgan fingerprint density at radius 3 is 2.95 bits per heavy atom. The van der Waals surface area contributed by atoms with Crippen LogP contribution in [0.3, 0.4) is 0 Å². The molecule has 104 valence electrons. The molecule has 2 atom stereocenters. The van der Waals surface area contributed by atoms with E-state index in [1.807, 2.05) is 13.8 Å². The van der Waals surface area contributed by atoms with Crippen molar-refractivity contribution in [1.29, 1.82) is 0 Å². The zero-order valence-electron chi connectivity index (χ0n) is 11.4. The molecule has 19 heavy (non-hydrogen) atoms. The summed E-state index contributed by atoms with van der Waals surface area (Å²) in [6, 6.07) is -0.0438. The monoisotopic (exact) mass is 280 g/mol. The van der Waals surface area contributed by atoms with Crippen LogP contribution in [0.2, 0.25) is 0 Å². The predicted molar refractivity (Wildman–Crippen MR) is 78.5 cm³/mol. The summed E-state index contributed by atoms with van der Waals surface area (Å²) in [5, 5.41) is 6.84. The number of hydrogen-bond donors (Lipinski definition) is 2. The summed E-state index contributed by atoms with van der Waals surface area (Å²) in [5.41, 5.74) is 1.50. The van der Waals surface area contributed by atoms with E-state index < -0.39 is 0 Å². The minimum Gasteiger partial charge on any atom is -0.463 e. The van der Waals surface area contributed by atoms with E-state index in [0.717, 1.165) is 25.0 Å². The van der Waals surface area contributed by atoms with Crippen LogP contribution >= 0.6 is 12.2 Å². The van der Waals surface area contributed by atoms with Crippen molar-refractivity contribution < 1.29 is 9.53 Å². The molecule has 0 aromatic rings. The number of nitrogens with one attached hydrogen (secondary N) is 2. The molecule has 0 aromatic carbocycles. The normalized spacial score (nSPS) is 26.7. The topological polar surface area (TPSA) is 50.4 Å². The maximum Gasteiger partial charge on any atom is 0.337 e. The van der Waals surface area contributed by atoms with Crippen LogP contribution in [0.5, 0.6) is 0 Å². The number of carbonyl (C=O) groups is 1. The fourth-order valence-electron chi connectivity index (χ4n) is 2.68. The molecule has 4 nitrogen and oxygen atoms in total. The molecule has 2 rings (SSSR count). The first-order chi connectivity index (χ1) is 9.13. The van der Waals surface area contributed by atoms with Gasteiger partial charge in [0.2, 0.25) is 0 Å². The average molecular weight is 280 g/mol. The minimum absolute atomic E-state index is 0.0438. The van der Waals surface area contributed by atoms with Gasteiger partial charge in [-0.15, -0.1) is 0 Å². The van der Waals surface area contributed by atoms with Gasteiger partial charge in [-0.05, 0) is 51.2 Å². The Labute approximate surface area is 119 Å². The quantitative estimate of drug-likeness (QED) is 0.470. The number of ether oxygens (including phenoxy) is 1. The second-order valence-corrected chi connectivity index (χ2v) is 5.29. The van der Waals surface area contributed by atoms with E-state index in [1.165, 1.54) is 0 Å². The minimum atomic E-state index is -0.248. The predicted octanol–water partition coefficient (Wildman–Crippen LogP) is 2.03. The van der Waals surface area contributed by atoms with Crippen molar-refractivity contribution in [2.75, 3.05) is 6.61 Å². The number of rotatable bonds is 3.